The maximum absolute atomic E-state index is 12.6. The molecular weight excluding hydrogens is 292 g/mol. The molecule has 0 radical (unpaired) electrons. The van der Waals surface area contributed by atoms with Crippen LogP contribution in [0.25, 0.3) is 11.3 Å². The van der Waals surface area contributed by atoms with Crippen molar-refractivity contribution in [3.8, 4) is 17.1 Å². The molecule has 2 aliphatic rings. The zero-order valence-electron chi connectivity index (χ0n) is 13.0. The first-order valence-electron chi connectivity index (χ1n) is 8.34. The van der Waals surface area contributed by atoms with Crippen molar-refractivity contribution in [2.24, 2.45) is 0 Å². The second-order valence-corrected chi connectivity index (χ2v) is 6.29. The lowest BCUT2D eigenvalue weighted by molar-refractivity contribution is 0.0922. The molecular formula is C18H20N2O3. The molecule has 5 nitrogen and oxygen atoms in total. The number of benzene rings is 1. The van der Waals surface area contributed by atoms with E-state index in [2.05, 4.69) is 10.5 Å². The van der Waals surface area contributed by atoms with E-state index >= 15 is 0 Å². The van der Waals surface area contributed by atoms with Crippen molar-refractivity contribution in [1.82, 2.24) is 10.5 Å². The molecule has 1 aromatic heterocycles. The maximum atomic E-state index is 12.6. The molecule has 1 aliphatic carbocycles. The summed E-state index contributed by atoms with van der Waals surface area (Å²) in [5.74, 6) is 1.27. The van der Waals surface area contributed by atoms with Crippen LogP contribution in [0.1, 0.15) is 54.6 Å². The molecule has 0 saturated heterocycles. The Morgan fingerprint density at radius 1 is 1.13 bits per heavy atom. The summed E-state index contributed by atoms with van der Waals surface area (Å²) in [6.45, 7) is 0.323. The van der Waals surface area contributed by atoms with Crippen molar-refractivity contribution in [2.45, 2.75) is 51.2 Å². The van der Waals surface area contributed by atoms with Crippen LogP contribution in [0.15, 0.2) is 28.8 Å². The standard InChI is InChI=1S/C18H20N2O3/c21-18(19-12-7-3-1-2-4-8-12)16-14-11-22-15-10-6-5-9-13(15)17(14)23-20-16/h5-6,9-10,12H,1-4,7-8,11H2,(H,19,21). The van der Waals surface area contributed by atoms with E-state index < -0.39 is 0 Å². The minimum Gasteiger partial charge on any atom is -0.488 e. The van der Waals surface area contributed by atoms with Crippen LogP contribution in [0.2, 0.25) is 0 Å². The summed E-state index contributed by atoms with van der Waals surface area (Å²) in [6.07, 6.45) is 6.97. The van der Waals surface area contributed by atoms with Gasteiger partial charge in [0.1, 0.15) is 12.4 Å². The summed E-state index contributed by atoms with van der Waals surface area (Å²) < 4.78 is 11.2. The molecule has 1 saturated carbocycles. The maximum Gasteiger partial charge on any atom is 0.274 e. The van der Waals surface area contributed by atoms with Gasteiger partial charge in [-0.1, -0.05) is 43.0 Å². The van der Waals surface area contributed by atoms with Gasteiger partial charge in [0.15, 0.2) is 11.5 Å². The molecule has 1 amide bonds. The summed E-state index contributed by atoms with van der Waals surface area (Å²) in [5.41, 5.74) is 1.96. The smallest absolute Gasteiger partial charge is 0.274 e. The summed E-state index contributed by atoms with van der Waals surface area (Å²) in [7, 11) is 0. The van der Waals surface area contributed by atoms with Crippen LogP contribution < -0.4 is 10.1 Å². The predicted octanol–water partition coefficient (Wildman–Crippen LogP) is 3.69. The van der Waals surface area contributed by atoms with E-state index in [1.807, 2.05) is 24.3 Å². The molecule has 23 heavy (non-hydrogen) atoms. The lowest BCUT2D eigenvalue weighted by Gasteiger charge is -2.17. The number of rotatable bonds is 2. The molecule has 1 N–H and O–H groups in total. The number of carbonyl (C=O) groups excluding carboxylic acids is 1. The predicted molar refractivity (Wildman–Crippen MR) is 85.2 cm³/mol. The van der Waals surface area contributed by atoms with Crippen molar-refractivity contribution < 1.29 is 14.1 Å². The van der Waals surface area contributed by atoms with E-state index in [0.717, 1.165) is 29.7 Å². The second-order valence-electron chi connectivity index (χ2n) is 6.29. The van der Waals surface area contributed by atoms with Gasteiger partial charge in [0.2, 0.25) is 0 Å². The number of ether oxygens (including phenoxy) is 1. The van der Waals surface area contributed by atoms with Gasteiger partial charge in [-0.2, -0.15) is 0 Å². The van der Waals surface area contributed by atoms with E-state index in [0.29, 0.717) is 18.1 Å². The van der Waals surface area contributed by atoms with E-state index in [1.165, 1.54) is 25.7 Å². The van der Waals surface area contributed by atoms with E-state index in [4.69, 9.17) is 9.26 Å². The summed E-state index contributed by atoms with van der Waals surface area (Å²) in [4.78, 5) is 12.6. The summed E-state index contributed by atoms with van der Waals surface area (Å²) in [6, 6.07) is 7.90. The van der Waals surface area contributed by atoms with E-state index in [-0.39, 0.29) is 11.9 Å². The Balaban J connectivity index is 1.57. The van der Waals surface area contributed by atoms with Gasteiger partial charge in [-0.15, -0.1) is 0 Å². The van der Waals surface area contributed by atoms with Crippen LogP contribution in [0.3, 0.4) is 0 Å². The van der Waals surface area contributed by atoms with Crippen molar-refractivity contribution in [3.63, 3.8) is 0 Å². The minimum absolute atomic E-state index is 0.148. The normalized spacial score (nSPS) is 17.6. The molecule has 0 atom stereocenters. The molecule has 5 heteroatoms. The molecule has 0 spiro atoms. The highest BCUT2D eigenvalue weighted by molar-refractivity contribution is 5.95. The Morgan fingerprint density at radius 2 is 1.91 bits per heavy atom. The van der Waals surface area contributed by atoms with Crippen molar-refractivity contribution in [1.29, 1.82) is 0 Å². The number of amides is 1. The third-order valence-corrected chi connectivity index (χ3v) is 4.70. The van der Waals surface area contributed by atoms with Crippen LogP contribution in [0.4, 0.5) is 0 Å². The molecule has 2 heterocycles. The number of nitrogens with zero attached hydrogens (tertiary/aromatic N) is 1. The van der Waals surface area contributed by atoms with Gasteiger partial charge in [-0.05, 0) is 25.0 Å². The van der Waals surface area contributed by atoms with Crippen LogP contribution in [0.5, 0.6) is 5.75 Å². The topological polar surface area (TPSA) is 64.4 Å². The Hall–Kier alpha value is -2.30. The summed E-state index contributed by atoms with van der Waals surface area (Å²) in [5, 5.41) is 7.14. The summed E-state index contributed by atoms with van der Waals surface area (Å²) >= 11 is 0. The van der Waals surface area contributed by atoms with Gasteiger partial charge in [-0.25, -0.2) is 0 Å². The number of aromatic nitrogens is 1. The fourth-order valence-corrected chi connectivity index (χ4v) is 3.44. The van der Waals surface area contributed by atoms with E-state index in [9.17, 15) is 4.79 Å². The third-order valence-electron chi connectivity index (χ3n) is 4.70. The number of para-hydroxylation sites is 1. The second kappa shape index (κ2) is 6.07. The van der Waals surface area contributed by atoms with Crippen molar-refractivity contribution >= 4 is 5.91 Å². The first-order chi connectivity index (χ1) is 11.3. The Morgan fingerprint density at radius 3 is 2.74 bits per heavy atom. The quantitative estimate of drug-likeness (QED) is 0.859. The van der Waals surface area contributed by atoms with Crippen LogP contribution >= 0.6 is 0 Å². The van der Waals surface area contributed by atoms with Crippen molar-refractivity contribution in [3.05, 3.63) is 35.5 Å². The van der Waals surface area contributed by atoms with Gasteiger partial charge >= 0.3 is 0 Å². The Kier molecular flexibility index (Phi) is 3.77. The van der Waals surface area contributed by atoms with E-state index in [1.54, 1.807) is 0 Å². The lowest BCUT2D eigenvalue weighted by atomic mass is 10.0. The largest absolute Gasteiger partial charge is 0.488 e. The molecule has 1 aromatic carbocycles. The highest BCUT2D eigenvalue weighted by Crippen LogP contribution is 2.38. The Bertz CT molecular complexity index is 715. The average molecular weight is 312 g/mol. The Labute approximate surface area is 135 Å². The molecule has 120 valence electrons. The molecule has 0 bridgehead atoms. The zero-order chi connectivity index (χ0) is 15.6. The number of fused-ring (bicyclic) bond motifs is 3. The van der Waals surface area contributed by atoms with Gasteiger partial charge in [-0.3, -0.25) is 4.79 Å². The molecule has 2 aromatic rings. The number of hydrogen-bond acceptors (Lipinski definition) is 4. The SMILES string of the molecule is O=C(NC1CCCCCC1)c1noc2c1COc1ccccc1-2. The van der Waals surface area contributed by atoms with Crippen LogP contribution in [-0.4, -0.2) is 17.1 Å². The zero-order valence-corrected chi connectivity index (χ0v) is 13.0. The molecule has 4 rings (SSSR count). The molecule has 1 fully saturated rings. The van der Waals surface area contributed by atoms with Gasteiger partial charge < -0.3 is 14.6 Å². The highest BCUT2D eigenvalue weighted by Gasteiger charge is 2.29. The number of nitrogens with one attached hydrogen (secondary N) is 1. The monoisotopic (exact) mass is 312 g/mol. The molecule has 0 unspecified atom stereocenters. The fraction of sp³-hybridized carbons (Fsp3) is 0.444. The first-order valence-corrected chi connectivity index (χ1v) is 8.34. The minimum atomic E-state index is -0.148. The van der Waals surface area contributed by atoms with Gasteiger partial charge in [0.05, 0.1) is 11.1 Å². The molecule has 1 aliphatic heterocycles. The van der Waals surface area contributed by atoms with Crippen LogP contribution in [0, 0.1) is 0 Å². The van der Waals surface area contributed by atoms with Crippen molar-refractivity contribution in [2.75, 3.05) is 0 Å². The number of hydrogen-bond donors (Lipinski definition) is 1. The van der Waals surface area contributed by atoms with Crippen LogP contribution in [-0.2, 0) is 6.61 Å². The number of carbonyl (C=O) groups is 1. The first kappa shape index (κ1) is 14.3. The fourth-order valence-electron chi connectivity index (χ4n) is 3.44. The lowest BCUT2D eigenvalue weighted by Crippen LogP contribution is -2.35. The average Bonchev–Trinajstić information content (AvgIpc) is 2.86. The highest BCUT2D eigenvalue weighted by atomic mass is 16.5. The third kappa shape index (κ3) is 2.71. The van der Waals surface area contributed by atoms with Gasteiger partial charge in [0, 0.05) is 6.04 Å². The van der Waals surface area contributed by atoms with Gasteiger partial charge in [0.25, 0.3) is 5.91 Å².